The Bertz CT molecular complexity index is 625. The van der Waals surface area contributed by atoms with Crippen molar-refractivity contribution in [1.29, 1.82) is 0 Å². The first-order valence-corrected chi connectivity index (χ1v) is 11.8. The van der Waals surface area contributed by atoms with E-state index in [2.05, 4.69) is 16.5 Å². The van der Waals surface area contributed by atoms with E-state index in [0.717, 1.165) is 50.0 Å². The number of nitrogens with one attached hydrogen (secondary N) is 1. The van der Waals surface area contributed by atoms with Crippen LogP contribution < -0.4 is 10.1 Å². The number of unbranched alkanes of at least 4 members (excludes halogenated alkanes) is 2. The largest absolute Gasteiger partial charge is 0.441 e. The van der Waals surface area contributed by atoms with Crippen molar-refractivity contribution in [2.24, 2.45) is 0 Å². The topological polar surface area (TPSA) is 71.1 Å². The average molecular weight is 440 g/mol. The fraction of sp³-hybridized carbons (Fsp3) is 0.636. The van der Waals surface area contributed by atoms with E-state index in [9.17, 15) is 9.59 Å². The van der Waals surface area contributed by atoms with Crippen molar-refractivity contribution >= 4 is 23.9 Å². The third kappa shape index (κ3) is 10.7. The maximum absolute atomic E-state index is 12.2. The summed E-state index contributed by atoms with van der Waals surface area (Å²) < 4.78 is 11.0. The normalized spacial score (nSPS) is 11.8. The van der Waals surface area contributed by atoms with Gasteiger partial charge in [-0.1, -0.05) is 18.6 Å². The van der Waals surface area contributed by atoms with Gasteiger partial charge in [-0.3, -0.25) is 0 Å². The molecule has 0 radical (unpaired) electrons. The molecular formula is C22H37N3O4S. The van der Waals surface area contributed by atoms with Crippen LogP contribution in [-0.4, -0.2) is 75.3 Å². The number of hydrogen-bond donors (Lipinski definition) is 1. The number of carbonyl (C=O) groups is 2. The highest BCUT2D eigenvalue weighted by molar-refractivity contribution is 7.98. The average Bonchev–Trinajstić information content (AvgIpc) is 2.72. The van der Waals surface area contributed by atoms with Gasteiger partial charge in [0.2, 0.25) is 0 Å². The number of alkyl carbamates (subject to hydrolysis) is 1. The third-order valence-corrected chi connectivity index (χ3v) is 5.33. The lowest BCUT2D eigenvalue weighted by Gasteiger charge is -2.20. The molecule has 30 heavy (non-hydrogen) atoms. The van der Waals surface area contributed by atoms with Crippen molar-refractivity contribution in [1.82, 2.24) is 15.1 Å². The third-order valence-electron chi connectivity index (χ3n) is 4.64. The molecule has 0 saturated carbocycles. The van der Waals surface area contributed by atoms with Crippen molar-refractivity contribution < 1.29 is 19.1 Å². The molecule has 0 saturated heterocycles. The van der Waals surface area contributed by atoms with Gasteiger partial charge in [0.05, 0.1) is 0 Å². The molecule has 0 fully saturated rings. The van der Waals surface area contributed by atoms with Crippen molar-refractivity contribution in [2.45, 2.75) is 38.2 Å². The molecule has 0 aromatic heterocycles. The molecule has 1 unspecified atom stereocenters. The van der Waals surface area contributed by atoms with Crippen LogP contribution in [0, 0.1) is 0 Å². The molecule has 0 bridgehead atoms. The Kier molecular flexibility index (Phi) is 13.0. The SMILES string of the molecule is CNC(=O)OC(CCCCCSC)c1ccc(OC(=O)N(C)CCCN(C)C)cc1. The van der Waals surface area contributed by atoms with Crippen LogP contribution in [0.1, 0.15) is 43.8 Å². The van der Waals surface area contributed by atoms with Gasteiger partial charge in [0.15, 0.2) is 0 Å². The van der Waals surface area contributed by atoms with E-state index in [0.29, 0.717) is 12.3 Å². The summed E-state index contributed by atoms with van der Waals surface area (Å²) in [4.78, 5) is 27.6. The Balaban J connectivity index is 2.63. The summed E-state index contributed by atoms with van der Waals surface area (Å²) in [6.45, 7) is 1.55. The highest BCUT2D eigenvalue weighted by Crippen LogP contribution is 2.26. The number of rotatable bonds is 13. The molecular weight excluding hydrogens is 402 g/mol. The Morgan fingerprint density at radius 3 is 2.33 bits per heavy atom. The maximum atomic E-state index is 12.2. The summed E-state index contributed by atoms with van der Waals surface area (Å²) in [6.07, 6.45) is 5.84. The van der Waals surface area contributed by atoms with E-state index in [1.54, 1.807) is 31.1 Å². The lowest BCUT2D eigenvalue weighted by atomic mass is 10.0. The minimum atomic E-state index is -0.445. The zero-order valence-corrected chi connectivity index (χ0v) is 19.8. The molecule has 0 aliphatic rings. The van der Waals surface area contributed by atoms with Gasteiger partial charge in [0.25, 0.3) is 0 Å². The monoisotopic (exact) mass is 439 g/mol. The molecule has 1 N–H and O–H groups in total. The summed E-state index contributed by atoms with van der Waals surface area (Å²) in [5.74, 6) is 1.62. The van der Waals surface area contributed by atoms with Gasteiger partial charge >= 0.3 is 12.2 Å². The van der Waals surface area contributed by atoms with E-state index < -0.39 is 6.09 Å². The van der Waals surface area contributed by atoms with Crippen LogP contribution in [0.2, 0.25) is 0 Å². The summed E-state index contributed by atoms with van der Waals surface area (Å²) >= 11 is 1.84. The van der Waals surface area contributed by atoms with E-state index in [4.69, 9.17) is 9.47 Å². The van der Waals surface area contributed by atoms with Gasteiger partial charge < -0.3 is 24.6 Å². The lowest BCUT2D eigenvalue weighted by molar-refractivity contribution is 0.0926. The van der Waals surface area contributed by atoms with Gasteiger partial charge in [-0.05, 0) is 76.0 Å². The Labute approximate surface area is 185 Å². The maximum Gasteiger partial charge on any atom is 0.414 e. The number of amides is 2. The standard InChI is InChI=1S/C22H37N3O4S/c1-23-21(26)29-20(10-7-6-8-17-30-5)18-11-13-19(14-12-18)28-22(27)25(4)16-9-15-24(2)3/h11-14,20H,6-10,15-17H2,1-5H3,(H,23,26). The molecule has 0 aliphatic heterocycles. The lowest BCUT2D eigenvalue weighted by Crippen LogP contribution is -2.32. The van der Waals surface area contributed by atoms with Crippen LogP contribution in [-0.2, 0) is 4.74 Å². The summed E-state index contributed by atoms with van der Waals surface area (Å²) in [5, 5.41) is 2.51. The van der Waals surface area contributed by atoms with Crippen molar-refractivity contribution in [3.8, 4) is 5.75 Å². The van der Waals surface area contributed by atoms with Gasteiger partial charge in [-0.2, -0.15) is 11.8 Å². The molecule has 1 rings (SSSR count). The number of thioether (sulfide) groups is 1. The molecule has 7 nitrogen and oxygen atoms in total. The zero-order valence-electron chi connectivity index (χ0n) is 19.0. The predicted octanol–water partition coefficient (Wildman–Crippen LogP) is 4.39. The minimum absolute atomic E-state index is 0.322. The highest BCUT2D eigenvalue weighted by atomic mass is 32.2. The van der Waals surface area contributed by atoms with Crippen LogP contribution in [0.4, 0.5) is 9.59 Å². The molecule has 0 aliphatic carbocycles. The second-order valence-electron chi connectivity index (χ2n) is 7.50. The summed E-state index contributed by atoms with van der Waals surface area (Å²) in [5.41, 5.74) is 0.891. The Morgan fingerprint density at radius 2 is 1.73 bits per heavy atom. The zero-order chi connectivity index (χ0) is 22.4. The molecule has 1 aromatic rings. The Hall–Kier alpha value is -1.93. The quantitative estimate of drug-likeness (QED) is 0.460. The second kappa shape index (κ2) is 15.0. The number of carbonyl (C=O) groups excluding carboxylic acids is 2. The van der Waals surface area contributed by atoms with Crippen LogP contribution >= 0.6 is 11.8 Å². The van der Waals surface area contributed by atoms with E-state index in [-0.39, 0.29) is 12.2 Å². The first-order chi connectivity index (χ1) is 14.4. The van der Waals surface area contributed by atoms with Gasteiger partial charge in [-0.15, -0.1) is 0 Å². The van der Waals surface area contributed by atoms with Gasteiger partial charge in [0.1, 0.15) is 11.9 Å². The number of ether oxygens (including phenoxy) is 2. The summed E-state index contributed by atoms with van der Waals surface area (Å²) in [7, 11) is 7.29. The van der Waals surface area contributed by atoms with E-state index >= 15 is 0 Å². The van der Waals surface area contributed by atoms with Crippen molar-refractivity contribution in [3.63, 3.8) is 0 Å². The fourth-order valence-corrected chi connectivity index (χ4v) is 3.37. The molecule has 0 spiro atoms. The highest BCUT2D eigenvalue weighted by Gasteiger charge is 2.17. The first-order valence-electron chi connectivity index (χ1n) is 10.4. The summed E-state index contributed by atoms with van der Waals surface area (Å²) in [6, 6.07) is 7.19. The molecule has 1 atom stereocenters. The molecule has 1 aromatic carbocycles. The number of hydrogen-bond acceptors (Lipinski definition) is 6. The molecule has 0 heterocycles. The second-order valence-corrected chi connectivity index (χ2v) is 8.49. The first kappa shape index (κ1) is 26.1. The van der Waals surface area contributed by atoms with Crippen LogP contribution in [0.5, 0.6) is 5.75 Å². The van der Waals surface area contributed by atoms with Crippen LogP contribution in [0.15, 0.2) is 24.3 Å². The van der Waals surface area contributed by atoms with Crippen molar-refractivity contribution in [3.05, 3.63) is 29.8 Å². The number of benzene rings is 1. The fourth-order valence-electron chi connectivity index (χ4n) is 2.88. The van der Waals surface area contributed by atoms with Gasteiger partial charge in [-0.25, -0.2) is 9.59 Å². The van der Waals surface area contributed by atoms with Crippen LogP contribution in [0.25, 0.3) is 0 Å². The Morgan fingerprint density at radius 1 is 1.03 bits per heavy atom. The van der Waals surface area contributed by atoms with E-state index in [1.807, 2.05) is 38.0 Å². The van der Waals surface area contributed by atoms with Gasteiger partial charge in [0, 0.05) is 20.6 Å². The minimum Gasteiger partial charge on any atom is -0.441 e. The van der Waals surface area contributed by atoms with Crippen molar-refractivity contribution in [2.75, 3.05) is 53.3 Å². The number of nitrogens with zero attached hydrogens (tertiary/aromatic N) is 2. The smallest absolute Gasteiger partial charge is 0.414 e. The van der Waals surface area contributed by atoms with Crippen LogP contribution in [0.3, 0.4) is 0 Å². The molecule has 8 heteroatoms. The molecule has 2 amide bonds. The molecule has 170 valence electrons. The van der Waals surface area contributed by atoms with E-state index in [1.165, 1.54) is 0 Å². The predicted molar refractivity (Wildman–Crippen MR) is 123 cm³/mol.